The van der Waals surface area contributed by atoms with Crippen molar-refractivity contribution in [3.05, 3.63) is 36.2 Å². The van der Waals surface area contributed by atoms with Crippen molar-refractivity contribution >= 4 is 0 Å². The largest absolute Gasteiger partial charge is 0.497 e. The standard InChI is InChI=1S/C11H12NO2/c1-8(7-13)10-3-9(6-12)4-11(5-10)14-2/h3-5,8,13H,1,7H2,2H3. The van der Waals surface area contributed by atoms with Gasteiger partial charge in [-0.15, -0.1) is 0 Å². The molecule has 0 aliphatic heterocycles. The number of ether oxygens (including phenoxy) is 1. The first-order valence-corrected chi connectivity index (χ1v) is 4.24. The lowest BCUT2D eigenvalue weighted by Gasteiger charge is -2.10. The van der Waals surface area contributed by atoms with Gasteiger partial charge < -0.3 is 9.84 Å². The third-order valence-electron chi connectivity index (χ3n) is 1.99. The number of nitriles is 1. The zero-order chi connectivity index (χ0) is 10.6. The molecule has 3 heteroatoms. The molecule has 1 radical (unpaired) electrons. The molecular formula is C11H12NO2. The zero-order valence-corrected chi connectivity index (χ0v) is 8.03. The predicted molar refractivity (Wildman–Crippen MR) is 52.9 cm³/mol. The summed E-state index contributed by atoms with van der Waals surface area (Å²) in [6.45, 7) is 3.72. The van der Waals surface area contributed by atoms with Crippen molar-refractivity contribution in [2.45, 2.75) is 5.92 Å². The van der Waals surface area contributed by atoms with Crippen LogP contribution in [0.1, 0.15) is 17.0 Å². The minimum absolute atomic E-state index is 0.0436. The molecule has 0 spiro atoms. The smallest absolute Gasteiger partial charge is 0.120 e. The summed E-state index contributed by atoms with van der Waals surface area (Å²) in [5, 5.41) is 17.7. The van der Waals surface area contributed by atoms with Gasteiger partial charge in [-0.3, -0.25) is 0 Å². The van der Waals surface area contributed by atoms with Gasteiger partial charge in [0.15, 0.2) is 0 Å². The molecule has 1 aromatic rings. The molecule has 0 aromatic heterocycles. The lowest BCUT2D eigenvalue weighted by atomic mass is 10.00. The average molecular weight is 190 g/mol. The fourth-order valence-electron chi connectivity index (χ4n) is 1.15. The molecule has 0 aliphatic rings. The minimum atomic E-state index is -0.225. The van der Waals surface area contributed by atoms with Gasteiger partial charge in [0.1, 0.15) is 5.75 Å². The first-order valence-electron chi connectivity index (χ1n) is 4.24. The van der Waals surface area contributed by atoms with Gasteiger partial charge in [-0.2, -0.15) is 5.26 Å². The number of rotatable bonds is 3. The molecule has 1 aromatic carbocycles. The van der Waals surface area contributed by atoms with Crippen LogP contribution in [0.25, 0.3) is 0 Å². The Balaban J connectivity index is 3.12. The number of methoxy groups -OCH3 is 1. The molecule has 0 aliphatic carbocycles. The maximum Gasteiger partial charge on any atom is 0.120 e. The van der Waals surface area contributed by atoms with Crippen LogP contribution in [0.3, 0.4) is 0 Å². The number of aliphatic hydroxyl groups is 1. The summed E-state index contributed by atoms with van der Waals surface area (Å²) in [5.74, 6) is 0.387. The Morgan fingerprint density at radius 1 is 1.57 bits per heavy atom. The van der Waals surface area contributed by atoms with Gasteiger partial charge in [-0.05, 0) is 30.7 Å². The van der Waals surface area contributed by atoms with Crippen molar-refractivity contribution in [2.75, 3.05) is 13.7 Å². The third kappa shape index (κ3) is 2.24. The molecule has 0 saturated carbocycles. The molecule has 1 unspecified atom stereocenters. The van der Waals surface area contributed by atoms with Crippen LogP contribution in [0.4, 0.5) is 0 Å². The van der Waals surface area contributed by atoms with Crippen molar-refractivity contribution in [1.29, 1.82) is 5.26 Å². The summed E-state index contributed by atoms with van der Waals surface area (Å²) in [5.41, 5.74) is 1.32. The topological polar surface area (TPSA) is 53.2 Å². The van der Waals surface area contributed by atoms with Crippen molar-refractivity contribution in [2.24, 2.45) is 0 Å². The van der Waals surface area contributed by atoms with E-state index < -0.39 is 0 Å². The summed E-state index contributed by atoms with van der Waals surface area (Å²) >= 11 is 0. The molecule has 0 amide bonds. The van der Waals surface area contributed by atoms with Gasteiger partial charge in [0.25, 0.3) is 0 Å². The van der Waals surface area contributed by atoms with Gasteiger partial charge >= 0.3 is 0 Å². The van der Waals surface area contributed by atoms with Gasteiger partial charge in [-0.1, -0.05) is 0 Å². The lowest BCUT2D eigenvalue weighted by molar-refractivity contribution is 0.282. The molecule has 0 saturated heterocycles. The predicted octanol–water partition coefficient (Wildman–Crippen LogP) is 1.48. The quantitative estimate of drug-likeness (QED) is 0.785. The van der Waals surface area contributed by atoms with Crippen molar-refractivity contribution in [1.82, 2.24) is 0 Å². The van der Waals surface area contributed by atoms with E-state index in [0.29, 0.717) is 11.3 Å². The fraction of sp³-hybridized carbons (Fsp3) is 0.273. The number of hydrogen-bond donors (Lipinski definition) is 1. The van der Waals surface area contributed by atoms with Gasteiger partial charge in [0.05, 0.1) is 18.7 Å². The van der Waals surface area contributed by atoms with Crippen LogP contribution in [-0.2, 0) is 0 Å². The van der Waals surface area contributed by atoms with E-state index in [-0.39, 0.29) is 12.5 Å². The van der Waals surface area contributed by atoms with E-state index in [0.717, 1.165) is 5.56 Å². The van der Waals surface area contributed by atoms with E-state index in [1.165, 1.54) is 7.11 Å². The molecule has 73 valence electrons. The second-order valence-corrected chi connectivity index (χ2v) is 2.99. The van der Waals surface area contributed by atoms with E-state index in [1.807, 2.05) is 6.07 Å². The van der Waals surface area contributed by atoms with Crippen LogP contribution in [0.2, 0.25) is 0 Å². The molecule has 0 heterocycles. The summed E-state index contributed by atoms with van der Waals surface area (Å²) in [6.07, 6.45) is 0. The van der Waals surface area contributed by atoms with Crippen molar-refractivity contribution in [3.8, 4) is 11.8 Å². The van der Waals surface area contributed by atoms with E-state index in [2.05, 4.69) is 6.92 Å². The van der Waals surface area contributed by atoms with Crippen LogP contribution in [0.5, 0.6) is 5.75 Å². The summed E-state index contributed by atoms with van der Waals surface area (Å²) in [6, 6.07) is 7.16. The Bertz CT molecular complexity index is 355. The average Bonchev–Trinajstić information content (AvgIpc) is 2.27. The Labute approximate surface area is 83.6 Å². The minimum Gasteiger partial charge on any atom is -0.497 e. The molecule has 14 heavy (non-hydrogen) atoms. The molecule has 0 bridgehead atoms. The molecular weight excluding hydrogens is 178 g/mol. The zero-order valence-electron chi connectivity index (χ0n) is 8.03. The Kier molecular flexibility index (Phi) is 3.49. The highest BCUT2D eigenvalue weighted by Gasteiger charge is 2.07. The van der Waals surface area contributed by atoms with Gasteiger partial charge in [-0.25, -0.2) is 0 Å². The first-order chi connectivity index (χ1) is 6.71. The molecule has 1 rings (SSSR count). The maximum absolute atomic E-state index is 8.93. The van der Waals surface area contributed by atoms with Crippen molar-refractivity contribution in [3.63, 3.8) is 0 Å². The number of hydrogen-bond acceptors (Lipinski definition) is 3. The highest BCUT2D eigenvalue weighted by atomic mass is 16.5. The normalized spacial score (nSPS) is 11.9. The molecule has 1 atom stereocenters. The van der Waals surface area contributed by atoms with Crippen molar-refractivity contribution < 1.29 is 9.84 Å². The monoisotopic (exact) mass is 190 g/mol. The van der Waals surface area contributed by atoms with E-state index in [9.17, 15) is 0 Å². The van der Waals surface area contributed by atoms with E-state index >= 15 is 0 Å². The summed E-state index contributed by atoms with van der Waals surface area (Å²) in [7, 11) is 1.54. The number of nitrogens with zero attached hydrogens (tertiary/aromatic N) is 1. The van der Waals surface area contributed by atoms with Crippen LogP contribution in [0, 0.1) is 18.3 Å². The molecule has 3 nitrogen and oxygen atoms in total. The van der Waals surface area contributed by atoms with E-state index in [1.54, 1.807) is 18.2 Å². The van der Waals surface area contributed by atoms with Crippen LogP contribution >= 0.6 is 0 Å². The van der Waals surface area contributed by atoms with E-state index in [4.69, 9.17) is 15.1 Å². The summed E-state index contributed by atoms with van der Waals surface area (Å²) in [4.78, 5) is 0. The maximum atomic E-state index is 8.93. The Morgan fingerprint density at radius 3 is 2.79 bits per heavy atom. The van der Waals surface area contributed by atoms with Crippen LogP contribution in [-0.4, -0.2) is 18.8 Å². The Hall–Kier alpha value is -1.53. The summed E-state index contributed by atoms with van der Waals surface area (Å²) < 4.78 is 5.03. The fourth-order valence-corrected chi connectivity index (χ4v) is 1.15. The lowest BCUT2D eigenvalue weighted by Crippen LogP contribution is -2.00. The molecule has 0 fully saturated rings. The Morgan fingerprint density at radius 2 is 2.29 bits per heavy atom. The highest BCUT2D eigenvalue weighted by Crippen LogP contribution is 2.22. The number of benzene rings is 1. The van der Waals surface area contributed by atoms with Gasteiger partial charge in [0, 0.05) is 12.5 Å². The van der Waals surface area contributed by atoms with Crippen LogP contribution in [0.15, 0.2) is 18.2 Å². The second-order valence-electron chi connectivity index (χ2n) is 2.99. The number of aliphatic hydroxyl groups excluding tert-OH is 1. The first kappa shape index (κ1) is 10.6. The highest BCUT2D eigenvalue weighted by molar-refractivity contribution is 5.42. The van der Waals surface area contributed by atoms with Crippen LogP contribution < -0.4 is 4.74 Å². The SMILES string of the molecule is [CH2]C(CO)c1cc(C#N)cc(OC)c1. The second kappa shape index (κ2) is 4.64. The van der Waals surface area contributed by atoms with Gasteiger partial charge in [0.2, 0.25) is 0 Å². The molecule has 1 N–H and O–H groups in total. The third-order valence-corrected chi connectivity index (χ3v) is 1.99.